The molecule has 2 atom stereocenters. The van der Waals surface area contributed by atoms with Gasteiger partial charge in [-0.25, -0.2) is 4.79 Å². The number of nitrogens with zero attached hydrogens (tertiary/aromatic N) is 1. The third kappa shape index (κ3) is 0.895. The normalized spacial score (nSPS) is 34.4. The summed E-state index contributed by atoms with van der Waals surface area (Å²) in [5.74, 6) is -0.869. The summed E-state index contributed by atoms with van der Waals surface area (Å²) < 4.78 is 0. The van der Waals surface area contributed by atoms with Gasteiger partial charge >= 0.3 is 5.97 Å². The average Bonchev–Trinajstić information content (AvgIpc) is 2.41. The van der Waals surface area contributed by atoms with Crippen molar-refractivity contribution in [2.45, 2.75) is 25.4 Å². The van der Waals surface area contributed by atoms with Gasteiger partial charge in [-0.2, -0.15) is 0 Å². The summed E-state index contributed by atoms with van der Waals surface area (Å²) in [4.78, 5) is 15.5. The molecule has 0 bridgehead atoms. The van der Waals surface area contributed by atoms with Gasteiger partial charge in [0.25, 0.3) is 0 Å². The lowest BCUT2D eigenvalue weighted by molar-refractivity contribution is -0.129. The molecule has 1 aliphatic carbocycles. The Bertz CT molecular complexity index is 224. The number of fused-ring (bicyclic) bond motifs is 1. The van der Waals surface area contributed by atoms with E-state index < -0.39 is 5.97 Å². The lowest BCUT2D eigenvalue weighted by Crippen LogP contribution is -2.23. The van der Waals surface area contributed by atoms with Crippen molar-refractivity contribution in [3.63, 3.8) is 0 Å². The van der Waals surface area contributed by atoms with Crippen molar-refractivity contribution in [3.8, 4) is 0 Å². The third-order valence-corrected chi connectivity index (χ3v) is 2.31. The van der Waals surface area contributed by atoms with E-state index in [4.69, 9.17) is 9.94 Å². The first kappa shape index (κ1) is 6.64. The van der Waals surface area contributed by atoms with Gasteiger partial charge < -0.3 is 9.94 Å². The maximum absolute atomic E-state index is 10.5. The van der Waals surface area contributed by atoms with E-state index in [9.17, 15) is 4.79 Å². The molecule has 2 aliphatic rings. The molecule has 2 unspecified atom stereocenters. The van der Waals surface area contributed by atoms with E-state index in [-0.39, 0.29) is 17.7 Å². The Balaban J connectivity index is 2.18. The zero-order chi connectivity index (χ0) is 7.84. The lowest BCUT2D eigenvalue weighted by Gasteiger charge is -2.04. The predicted molar refractivity (Wildman–Crippen MR) is 37.3 cm³/mol. The minimum atomic E-state index is -0.931. The standard InChI is InChI=1S/C7H9NO3/c9-7(10)6-4-2-1-3-5(4)11-8-6/h4-5H,1-3H2,(H,9,10). The Kier molecular flexibility index (Phi) is 1.34. The molecule has 4 heteroatoms. The van der Waals surface area contributed by atoms with Crippen LogP contribution in [-0.4, -0.2) is 22.9 Å². The molecule has 11 heavy (non-hydrogen) atoms. The first-order valence-corrected chi connectivity index (χ1v) is 3.76. The Hall–Kier alpha value is -1.06. The second-order valence-corrected chi connectivity index (χ2v) is 2.96. The number of carbonyl (C=O) groups is 1. The first-order valence-electron chi connectivity index (χ1n) is 3.76. The van der Waals surface area contributed by atoms with E-state index in [1.807, 2.05) is 0 Å². The fourth-order valence-electron chi connectivity index (χ4n) is 1.75. The summed E-state index contributed by atoms with van der Waals surface area (Å²) in [7, 11) is 0. The average molecular weight is 155 g/mol. The van der Waals surface area contributed by atoms with E-state index >= 15 is 0 Å². The summed E-state index contributed by atoms with van der Waals surface area (Å²) in [6.45, 7) is 0. The molecule has 0 amide bonds. The highest BCUT2D eigenvalue weighted by Crippen LogP contribution is 2.33. The first-order chi connectivity index (χ1) is 5.29. The van der Waals surface area contributed by atoms with Crippen LogP contribution < -0.4 is 0 Å². The molecule has 1 N–H and O–H groups in total. The highest BCUT2D eigenvalue weighted by molar-refractivity contribution is 6.36. The molecule has 0 radical (unpaired) electrons. The molecule has 1 aliphatic heterocycles. The molecule has 1 saturated carbocycles. The van der Waals surface area contributed by atoms with Crippen LogP contribution in [0.4, 0.5) is 0 Å². The Labute approximate surface area is 63.8 Å². The topological polar surface area (TPSA) is 58.9 Å². The van der Waals surface area contributed by atoms with E-state index in [0.29, 0.717) is 0 Å². The fourth-order valence-corrected chi connectivity index (χ4v) is 1.75. The van der Waals surface area contributed by atoms with Crippen LogP contribution in [0.15, 0.2) is 5.16 Å². The summed E-state index contributed by atoms with van der Waals surface area (Å²) in [5, 5.41) is 12.2. The van der Waals surface area contributed by atoms with Crippen LogP contribution in [0.1, 0.15) is 19.3 Å². The van der Waals surface area contributed by atoms with E-state index in [1.54, 1.807) is 0 Å². The van der Waals surface area contributed by atoms with Gasteiger partial charge in [0, 0.05) is 0 Å². The molecule has 0 spiro atoms. The maximum atomic E-state index is 10.5. The molecule has 2 rings (SSSR count). The smallest absolute Gasteiger partial charge is 0.354 e. The Morgan fingerprint density at radius 1 is 1.64 bits per heavy atom. The van der Waals surface area contributed by atoms with Gasteiger partial charge in [0.05, 0.1) is 5.92 Å². The number of rotatable bonds is 1. The monoisotopic (exact) mass is 155 g/mol. The van der Waals surface area contributed by atoms with Gasteiger partial charge in [-0.1, -0.05) is 5.16 Å². The van der Waals surface area contributed by atoms with Crippen LogP contribution >= 0.6 is 0 Å². The number of carboxylic acid groups (broad SMARTS) is 1. The highest BCUT2D eigenvalue weighted by atomic mass is 16.6. The SMILES string of the molecule is O=C(O)C1=NOC2CCCC12. The number of carboxylic acids is 1. The van der Waals surface area contributed by atoms with Crippen LogP contribution in [0.2, 0.25) is 0 Å². The minimum Gasteiger partial charge on any atom is -0.477 e. The largest absolute Gasteiger partial charge is 0.477 e. The van der Waals surface area contributed by atoms with Gasteiger partial charge in [0.15, 0.2) is 5.71 Å². The Morgan fingerprint density at radius 2 is 2.45 bits per heavy atom. The van der Waals surface area contributed by atoms with Crippen molar-refractivity contribution in [2.75, 3.05) is 0 Å². The van der Waals surface area contributed by atoms with Crippen LogP contribution in [-0.2, 0) is 9.63 Å². The van der Waals surface area contributed by atoms with E-state index in [0.717, 1.165) is 19.3 Å². The van der Waals surface area contributed by atoms with Crippen LogP contribution in [0.5, 0.6) is 0 Å². The Morgan fingerprint density at radius 3 is 3.18 bits per heavy atom. The van der Waals surface area contributed by atoms with Gasteiger partial charge in [-0.15, -0.1) is 0 Å². The number of oxime groups is 1. The second kappa shape index (κ2) is 2.22. The molecule has 1 fully saturated rings. The van der Waals surface area contributed by atoms with Crippen molar-refractivity contribution in [3.05, 3.63) is 0 Å². The maximum Gasteiger partial charge on any atom is 0.354 e. The van der Waals surface area contributed by atoms with Gasteiger partial charge in [0.1, 0.15) is 6.10 Å². The summed E-state index contributed by atoms with van der Waals surface area (Å²) in [5.41, 5.74) is 0.215. The number of aliphatic carboxylic acids is 1. The van der Waals surface area contributed by atoms with Crippen molar-refractivity contribution < 1.29 is 14.7 Å². The molecular formula is C7H9NO3. The van der Waals surface area contributed by atoms with Crippen LogP contribution in [0, 0.1) is 5.92 Å². The summed E-state index contributed by atoms with van der Waals surface area (Å²) >= 11 is 0. The summed E-state index contributed by atoms with van der Waals surface area (Å²) in [6.07, 6.45) is 2.98. The molecule has 0 aromatic carbocycles. The summed E-state index contributed by atoms with van der Waals surface area (Å²) in [6, 6.07) is 0. The van der Waals surface area contributed by atoms with Crippen molar-refractivity contribution in [2.24, 2.45) is 11.1 Å². The second-order valence-electron chi connectivity index (χ2n) is 2.96. The molecule has 0 aromatic rings. The molecule has 4 nitrogen and oxygen atoms in total. The van der Waals surface area contributed by atoms with Gasteiger partial charge in [-0.05, 0) is 19.3 Å². The lowest BCUT2D eigenvalue weighted by atomic mass is 10.0. The van der Waals surface area contributed by atoms with Gasteiger partial charge in [-0.3, -0.25) is 0 Å². The third-order valence-electron chi connectivity index (χ3n) is 2.31. The van der Waals surface area contributed by atoms with Crippen LogP contribution in [0.3, 0.4) is 0 Å². The number of hydrogen-bond donors (Lipinski definition) is 1. The highest BCUT2D eigenvalue weighted by Gasteiger charge is 2.41. The predicted octanol–water partition coefficient (Wildman–Crippen LogP) is 0.626. The van der Waals surface area contributed by atoms with E-state index in [1.165, 1.54) is 0 Å². The van der Waals surface area contributed by atoms with Crippen LogP contribution in [0.25, 0.3) is 0 Å². The van der Waals surface area contributed by atoms with Crippen molar-refractivity contribution >= 4 is 11.7 Å². The fraction of sp³-hybridized carbons (Fsp3) is 0.714. The number of hydrogen-bond acceptors (Lipinski definition) is 3. The molecule has 60 valence electrons. The minimum absolute atomic E-state index is 0.0566. The van der Waals surface area contributed by atoms with Crippen molar-refractivity contribution in [1.29, 1.82) is 0 Å². The zero-order valence-electron chi connectivity index (χ0n) is 5.99. The molecule has 1 heterocycles. The van der Waals surface area contributed by atoms with E-state index in [2.05, 4.69) is 5.16 Å². The van der Waals surface area contributed by atoms with Gasteiger partial charge in [0.2, 0.25) is 0 Å². The molecule has 0 saturated heterocycles. The molecule has 0 aromatic heterocycles. The molecular weight excluding hydrogens is 146 g/mol. The zero-order valence-corrected chi connectivity index (χ0v) is 5.99. The van der Waals surface area contributed by atoms with Crippen molar-refractivity contribution in [1.82, 2.24) is 0 Å². The quantitative estimate of drug-likeness (QED) is 0.604.